The predicted octanol–water partition coefficient (Wildman–Crippen LogP) is 3.55. The van der Waals surface area contributed by atoms with Crippen LogP contribution in [-0.4, -0.2) is 0 Å². The van der Waals surface area contributed by atoms with E-state index >= 15 is 0 Å². The standard InChI is InChI=1S/C14H8F3NO/c15-11-2-1-9(7-18)10(3-11)8-19-14-5-12(16)4-13(17)6-14/h1-6H,8H2. The highest BCUT2D eigenvalue weighted by Gasteiger charge is 2.06. The van der Waals surface area contributed by atoms with E-state index in [0.717, 1.165) is 30.3 Å². The molecule has 0 aliphatic heterocycles. The molecule has 0 N–H and O–H groups in total. The normalized spacial score (nSPS) is 10.0. The molecule has 0 aliphatic rings. The Labute approximate surface area is 107 Å². The smallest absolute Gasteiger partial charge is 0.129 e. The summed E-state index contributed by atoms with van der Waals surface area (Å²) in [6.07, 6.45) is 0. The Bertz CT molecular complexity index is 629. The fourth-order valence-electron chi connectivity index (χ4n) is 1.56. The van der Waals surface area contributed by atoms with Gasteiger partial charge in [0.2, 0.25) is 0 Å². The van der Waals surface area contributed by atoms with Crippen LogP contribution in [0.25, 0.3) is 0 Å². The third-order valence-corrected chi connectivity index (χ3v) is 2.42. The van der Waals surface area contributed by atoms with E-state index in [4.69, 9.17) is 10.00 Å². The zero-order valence-corrected chi connectivity index (χ0v) is 9.66. The van der Waals surface area contributed by atoms with Crippen molar-refractivity contribution in [1.29, 1.82) is 5.26 Å². The lowest BCUT2D eigenvalue weighted by molar-refractivity contribution is 0.301. The first-order valence-corrected chi connectivity index (χ1v) is 5.36. The van der Waals surface area contributed by atoms with E-state index in [1.807, 2.05) is 6.07 Å². The summed E-state index contributed by atoms with van der Waals surface area (Å²) in [4.78, 5) is 0. The third-order valence-electron chi connectivity index (χ3n) is 2.42. The molecule has 0 radical (unpaired) electrons. The third kappa shape index (κ3) is 3.26. The van der Waals surface area contributed by atoms with Gasteiger partial charge in [0.05, 0.1) is 11.6 Å². The van der Waals surface area contributed by atoms with Crippen molar-refractivity contribution in [3.63, 3.8) is 0 Å². The van der Waals surface area contributed by atoms with Gasteiger partial charge in [-0.05, 0) is 18.2 Å². The fourth-order valence-corrected chi connectivity index (χ4v) is 1.56. The summed E-state index contributed by atoms with van der Waals surface area (Å²) in [5.41, 5.74) is 0.561. The molecule has 2 aromatic rings. The van der Waals surface area contributed by atoms with E-state index in [0.29, 0.717) is 5.56 Å². The summed E-state index contributed by atoms with van der Waals surface area (Å²) in [6.45, 7) is -0.149. The van der Waals surface area contributed by atoms with Gasteiger partial charge in [-0.1, -0.05) is 0 Å². The maximum atomic E-state index is 13.1. The van der Waals surface area contributed by atoms with Gasteiger partial charge in [-0.15, -0.1) is 0 Å². The minimum absolute atomic E-state index is 0.0225. The molecule has 0 unspecified atom stereocenters. The molecule has 0 aromatic heterocycles. The number of ether oxygens (including phenoxy) is 1. The van der Waals surface area contributed by atoms with Crippen LogP contribution in [0.5, 0.6) is 5.75 Å². The molecule has 0 bridgehead atoms. The summed E-state index contributed by atoms with van der Waals surface area (Å²) < 4.78 is 44.1. The van der Waals surface area contributed by atoms with Crippen LogP contribution in [0.4, 0.5) is 13.2 Å². The topological polar surface area (TPSA) is 33.0 Å². The second-order valence-corrected chi connectivity index (χ2v) is 3.81. The van der Waals surface area contributed by atoms with E-state index in [9.17, 15) is 13.2 Å². The molecule has 96 valence electrons. The summed E-state index contributed by atoms with van der Waals surface area (Å²) in [7, 11) is 0. The molecule has 0 spiro atoms. The number of rotatable bonds is 3. The Balaban J connectivity index is 2.19. The molecule has 0 saturated carbocycles. The maximum Gasteiger partial charge on any atom is 0.129 e. The van der Waals surface area contributed by atoms with Crippen LogP contribution >= 0.6 is 0 Å². The lowest BCUT2D eigenvalue weighted by Crippen LogP contribution is -2.00. The van der Waals surface area contributed by atoms with Crippen molar-refractivity contribution in [3.05, 3.63) is 65.0 Å². The minimum atomic E-state index is -0.769. The molecule has 0 saturated heterocycles. The van der Waals surface area contributed by atoms with Crippen molar-refractivity contribution in [2.24, 2.45) is 0 Å². The number of nitriles is 1. The van der Waals surface area contributed by atoms with Crippen molar-refractivity contribution < 1.29 is 17.9 Å². The lowest BCUT2D eigenvalue weighted by atomic mass is 10.1. The average molecular weight is 263 g/mol. The average Bonchev–Trinajstić information content (AvgIpc) is 2.35. The summed E-state index contributed by atoms with van der Waals surface area (Å²) in [5, 5.41) is 8.85. The van der Waals surface area contributed by atoms with E-state index < -0.39 is 17.5 Å². The summed E-state index contributed by atoms with van der Waals surface area (Å²) in [5.74, 6) is -2.07. The quantitative estimate of drug-likeness (QED) is 0.848. The van der Waals surface area contributed by atoms with Gasteiger partial charge >= 0.3 is 0 Å². The maximum absolute atomic E-state index is 13.1. The Morgan fingerprint density at radius 1 is 0.947 bits per heavy atom. The molecule has 2 aromatic carbocycles. The Kier molecular flexibility index (Phi) is 3.71. The molecule has 0 aliphatic carbocycles. The molecule has 5 heteroatoms. The van der Waals surface area contributed by atoms with Gasteiger partial charge in [0.1, 0.15) is 29.8 Å². The van der Waals surface area contributed by atoms with Crippen LogP contribution in [0.1, 0.15) is 11.1 Å². The largest absolute Gasteiger partial charge is 0.489 e. The number of hydrogen-bond acceptors (Lipinski definition) is 2. The first-order valence-electron chi connectivity index (χ1n) is 5.36. The Morgan fingerprint density at radius 2 is 1.63 bits per heavy atom. The van der Waals surface area contributed by atoms with Crippen LogP contribution < -0.4 is 4.74 Å². The van der Waals surface area contributed by atoms with Gasteiger partial charge in [-0.3, -0.25) is 0 Å². The van der Waals surface area contributed by atoms with Gasteiger partial charge in [0, 0.05) is 23.8 Å². The second kappa shape index (κ2) is 5.44. The predicted molar refractivity (Wildman–Crippen MR) is 61.8 cm³/mol. The highest BCUT2D eigenvalue weighted by Crippen LogP contribution is 2.18. The van der Waals surface area contributed by atoms with Crippen LogP contribution in [0.3, 0.4) is 0 Å². The molecule has 0 heterocycles. The zero-order chi connectivity index (χ0) is 13.8. The second-order valence-electron chi connectivity index (χ2n) is 3.81. The van der Waals surface area contributed by atoms with Crippen molar-refractivity contribution in [1.82, 2.24) is 0 Å². The van der Waals surface area contributed by atoms with E-state index in [1.165, 1.54) is 6.07 Å². The SMILES string of the molecule is N#Cc1ccc(F)cc1COc1cc(F)cc(F)c1. The van der Waals surface area contributed by atoms with E-state index in [-0.39, 0.29) is 17.9 Å². The number of halogens is 3. The lowest BCUT2D eigenvalue weighted by Gasteiger charge is -2.08. The molecule has 19 heavy (non-hydrogen) atoms. The highest BCUT2D eigenvalue weighted by molar-refractivity contribution is 5.37. The van der Waals surface area contributed by atoms with Crippen molar-refractivity contribution in [3.8, 4) is 11.8 Å². The van der Waals surface area contributed by atoms with Crippen molar-refractivity contribution in [2.45, 2.75) is 6.61 Å². The first kappa shape index (κ1) is 13.0. The summed E-state index contributed by atoms with van der Waals surface area (Å²) in [6, 6.07) is 8.25. The Hall–Kier alpha value is -2.48. The molecular formula is C14H8F3NO. The zero-order valence-electron chi connectivity index (χ0n) is 9.66. The molecule has 0 fully saturated rings. The van der Waals surface area contributed by atoms with Crippen molar-refractivity contribution >= 4 is 0 Å². The molecule has 2 nitrogen and oxygen atoms in total. The minimum Gasteiger partial charge on any atom is -0.489 e. The molecule has 2 rings (SSSR count). The summed E-state index contributed by atoms with van der Waals surface area (Å²) >= 11 is 0. The highest BCUT2D eigenvalue weighted by atomic mass is 19.1. The van der Waals surface area contributed by atoms with Crippen LogP contribution in [0.15, 0.2) is 36.4 Å². The first-order chi connectivity index (χ1) is 9.08. The van der Waals surface area contributed by atoms with Gasteiger partial charge in [0.15, 0.2) is 0 Å². The monoisotopic (exact) mass is 263 g/mol. The number of hydrogen-bond donors (Lipinski definition) is 0. The number of nitrogens with zero attached hydrogens (tertiary/aromatic N) is 1. The van der Waals surface area contributed by atoms with Crippen LogP contribution in [0.2, 0.25) is 0 Å². The molecular weight excluding hydrogens is 255 g/mol. The van der Waals surface area contributed by atoms with E-state index in [2.05, 4.69) is 0 Å². The van der Waals surface area contributed by atoms with Gasteiger partial charge in [-0.25, -0.2) is 13.2 Å². The Morgan fingerprint density at radius 3 is 2.26 bits per heavy atom. The van der Waals surface area contributed by atoms with Crippen LogP contribution in [-0.2, 0) is 6.61 Å². The van der Waals surface area contributed by atoms with Crippen molar-refractivity contribution in [2.75, 3.05) is 0 Å². The number of benzene rings is 2. The van der Waals surface area contributed by atoms with E-state index in [1.54, 1.807) is 0 Å². The van der Waals surface area contributed by atoms with Gasteiger partial charge in [0.25, 0.3) is 0 Å². The van der Waals surface area contributed by atoms with Gasteiger partial charge in [-0.2, -0.15) is 5.26 Å². The molecule has 0 amide bonds. The fraction of sp³-hybridized carbons (Fsp3) is 0.0714. The van der Waals surface area contributed by atoms with Crippen LogP contribution in [0, 0.1) is 28.8 Å². The molecule has 0 atom stereocenters. The van der Waals surface area contributed by atoms with Gasteiger partial charge < -0.3 is 4.74 Å².